The summed E-state index contributed by atoms with van der Waals surface area (Å²) < 4.78 is 15.6. The molecule has 0 saturated heterocycles. The Morgan fingerprint density at radius 3 is 2.43 bits per heavy atom. The zero-order valence-electron chi connectivity index (χ0n) is 16.1. The highest BCUT2D eigenvalue weighted by atomic mass is 16.5. The van der Waals surface area contributed by atoms with Gasteiger partial charge in [-0.3, -0.25) is 4.79 Å². The first kappa shape index (κ1) is 19.3. The van der Waals surface area contributed by atoms with E-state index in [0.717, 1.165) is 22.8 Å². The molecule has 7 heteroatoms. The van der Waals surface area contributed by atoms with Gasteiger partial charge in [-0.15, -0.1) is 0 Å². The third kappa shape index (κ3) is 4.43. The van der Waals surface area contributed by atoms with E-state index in [-0.39, 0.29) is 5.91 Å². The van der Waals surface area contributed by atoms with E-state index in [1.807, 2.05) is 24.3 Å². The van der Waals surface area contributed by atoms with E-state index >= 15 is 0 Å². The second-order valence-corrected chi connectivity index (χ2v) is 6.06. The number of imidazole rings is 1. The van der Waals surface area contributed by atoms with E-state index in [9.17, 15) is 4.79 Å². The predicted octanol–water partition coefficient (Wildman–Crippen LogP) is 3.08. The van der Waals surface area contributed by atoms with Gasteiger partial charge in [0.1, 0.15) is 11.6 Å². The Hall–Kier alpha value is -3.48. The number of nitrogens with zero attached hydrogens (tertiary/aromatic N) is 1. The van der Waals surface area contributed by atoms with Gasteiger partial charge >= 0.3 is 0 Å². The summed E-state index contributed by atoms with van der Waals surface area (Å²) in [6, 6.07) is 12.7. The molecule has 0 spiro atoms. The highest BCUT2D eigenvalue weighted by molar-refractivity contribution is 5.94. The number of rotatable bonds is 8. The highest BCUT2D eigenvalue weighted by Crippen LogP contribution is 2.27. The minimum atomic E-state index is -0.171. The molecule has 28 heavy (non-hydrogen) atoms. The molecule has 7 nitrogen and oxygen atoms in total. The van der Waals surface area contributed by atoms with Crippen LogP contribution >= 0.6 is 0 Å². The smallest absolute Gasteiger partial charge is 0.251 e. The Bertz CT molecular complexity index is 935. The first-order valence-electron chi connectivity index (χ1n) is 8.83. The minimum Gasteiger partial charge on any atom is -0.497 e. The Balaban J connectivity index is 1.56. The fraction of sp³-hybridized carbons (Fsp3) is 0.238. The molecule has 146 valence electrons. The zero-order valence-corrected chi connectivity index (χ0v) is 16.1. The molecule has 0 aliphatic carbocycles. The highest BCUT2D eigenvalue weighted by Gasteiger charge is 2.11. The van der Waals surface area contributed by atoms with E-state index in [1.165, 1.54) is 7.11 Å². The van der Waals surface area contributed by atoms with Gasteiger partial charge in [0.05, 0.1) is 21.3 Å². The van der Waals surface area contributed by atoms with Gasteiger partial charge in [-0.2, -0.15) is 0 Å². The van der Waals surface area contributed by atoms with Crippen LogP contribution < -0.4 is 19.5 Å². The van der Waals surface area contributed by atoms with Crippen molar-refractivity contribution in [2.24, 2.45) is 0 Å². The van der Waals surface area contributed by atoms with E-state index < -0.39 is 0 Å². The largest absolute Gasteiger partial charge is 0.497 e. The Morgan fingerprint density at radius 1 is 1.00 bits per heavy atom. The number of benzene rings is 2. The van der Waals surface area contributed by atoms with Crippen molar-refractivity contribution in [2.75, 3.05) is 27.9 Å². The molecule has 1 heterocycles. The topological polar surface area (TPSA) is 85.5 Å². The number of aromatic amines is 1. The lowest BCUT2D eigenvalue weighted by atomic mass is 10.2. The Morgan fingerprint density at radius 2 is 1.75 bits per heavy atom. The summed E-state index contributed by atoms with van der Waals surface area (Å²) in [5.41, 5.74) is 2.43. The molecule has 0 radical (unpaired) electrons. The summed E-state index contributed by atoms with van der Waals surface area (Å²) in [5.74, 6) is 2.52. The van der Waals surface area contributed by atoms with Crippen LogP contribution in [0.2, 0.25) is 0 Å². The maximum absolute atomic E-state index is 12.3. The van der Waals surface area contributed by atoms with Gasteiger partial charge < -0.3 is 24.5 Å². The fourth-order valence-corrected chi connectivity index (χ4v) is 2.77. The van der Waals surface area contributed by atoms with Gasteiger partial charge in [0.25, 0.3) is 5.91 Å². The SMILES string of the molecule is COc1ccc(-c2ncc(CCNC(=O)c3ccc(OC)c(OC)c3)[nH]2)cc1. The summed E-state index contributed by atoms with van der Waals surface area (Å²) in [7, 11) is 4.73. The number of carbonyl (C=O) groups excluding carboxylic acids is 1. The maximum atomic E-state index is 12.3. The van der Waals surface area contributed by atoms with Crippen LogP contribution in [0.3, 0.4) is 0 Å². The summed E-state index contributed by atoms with van der Waals surface area (Å²) in [5, 5.41) is 2.90. The number of methoxy groups -OCH3 is 3. The van der Waals surface area contributed by atoms with Crippen LogP contribution in [0.5, 0.6) is 17.2 Å². The number of amides is 1. The molecular formula is C21H23N3O4. The second-order valence-electron chi connectivity index (χ2n) is 6.06. The van der Waals surface area contributed by atoms with Crippen molar-refractivity contribution in [3.8, 4) is 28.6 Å². The van der Waals surface area contributed by atoms with Gasteiger partial charge in [-0.05, 0) is 42.5 Å². The van der Waals surface area contributed by atoms with Crippen LogP contribution in [0.15, 0.2) is 48.7 Å². The van der Waals surface area contributed by atoms with E-state index in [1.54, 1.807) is 38.6 Å². The van der Waals surface area contributed by atoms with Crippen LogP contribution in [-0.2, 0) is 6.42 Å². The van der Waals surface area contributed by atoms with Crippen molar-refractivity contribution < 1.29 is 19.0 Å². The molecule has 0 atom stereocenters. The zero-order chi connectivity index (χ0) is 19.9. The summed E-state index contributed by atoms with van der Waals surface area (Å²) in [6.07, 6.45) is 2.42. The Kier molecular flexibility index (Phi) is 6.16. The third-order valence-corrected chi connectivity index (χ3v) is 4.32. The van der Waals surface area contributed by atoms with Crippen molar-refractivity contribution in [1.82, 2.24) is 15.3 Å². The third-order valence-electron chi connectivity index (χ3n) is 4.32. The molecule has 2 N–H and O–H groups in total. The monoisotopic (exact) mass is 381 g/mol. The lowest BCUT2D eigenvalue weighted by Gasteiger charge is -2.09. The molecule has 3 rings (SSSR count). The van der Waals surface area contributed by atoms with E-state index in [4.69, 9.17) is 14.2 Å². The molecule has 0 aliphatic rings. The first-order chi connectivity index (χ1) is 13.6. The summed E-state index contributed by atoms with van der Waals surface area (Å²) in [4.78, 5) is 20.0. The van der Waals surface area contributed by atoms with Gasteiger partial charge in [0.15, 0.2) is 11.5 Å². The van der Waals surface area contributed by atoms with Crippen LogP contribution in [-0.4, -0.2) is 43.7 Å². The van der Waals surface area contributed by atoms with Gasteiger partial charge in [-0.25, -0.2) is 4.98 Å². The van der Waals surface area contributed by atoms with Crippen LogP contribution in [0.25, 0.3) is 11.4 Å². The summed E-state index contributed by atoms with van der Waals surface area (Å²) in [6.45, 7) is 0.484. The van der Waals surface area contributed by atoms with Crippen LogP contribution in [0, 0.1) is 0 Å². The molecule has 0 fully saturated rings. The number of ether oxygens (including phenoxy) is 3. The van der Waals surface area contributed by atoms with E-state index in [2.05, 4.69) is 15.3 Å². The van der Waals surface area contributed by atoms with Gasteiger partial charge in [0.2, 0.25) is 0 Å². The standard InChI is InChI=1S/C21H23N3O4/c1-26-17-7-4-14(5-8-17)20-23-13-16(24-20)10-11-22-21(25)15-6-9-18(27-2)19(12-15)28-3/h4-9,12-13H,10-11H2,1-3H3,(H,22,25)(H,23,24). The predicted molar refractivity (Wildman–Crippen MR) is 106 cm³/mol. The quantitative estimate of drug-likeness (QED) is 0.626. The summed E-state index contributed by atoms with van der Waals surface area (Å²) >= 11 is 0. The van der Waals surface area contributed by atoms with Gasteiger partial charge in [0, 0.05) is 36.0 Å². The van der Waals surface area contributed by atoms with Gasteiger partial charge in [-0.1, -0.05) is 0 Å². The van der Waals surface area contributed by atoms with E-state index in [0.29, 0.717) is 30.0 Å². The molecule has 0 aliphatic heterocycles. The molecular weight excluding hydrogens is 358 g/mol. The van der Waals surface area contributed by atoms with Crippen molar-refractivity contribution in [1.29, 1.82) is 0 Å². The number of hydrogen-bond donors (Lipinski definition) is 2. The van der Waals surface area contributed by atoms with Crippen LogP contribution in [0.1, 0.15) is 16.1 Å². The number of hydrogen-bond acceptors (Lipinski definition) is 5. The number of H-pyrrole nitrogens is 1. The van der Waals surface area contributed by atoms with Crippen LogP contribution in [0.4, 0.5) is 0 Å². The number of nitrogens with one attached hydrogen (secondary N) is 2. The van der Waals surface area contributed by atoms with Crippen molar-refractivity contribution in [3.63, 3.8) is 0 Å². The lowest BCUT2D eigenvalue weighted by Crippen LogP contribution is -2.25. The van der Waals surface area contributed by atoms with Crippen molar-refractivity contribution in [2.45, 2.75) is 6.42 Å². The molecule has 0 unspecified atom stereocenters. The van der Waals surface area contributed by atoms with Crippen molar-refractivity contribution in [3.05, 3.63) is 59.9 Å². The molecule has 1 amide bonds. The first-order valence-corrected chi connectivity index (χ1v) is 8.83. The number of carbonyl (C=O) groups is 1. The normalized spacial score (nSPS) is 10.4. The molecule has 3 aromatic rings. The molecule has 2 aromatic carbocycles. The van der Waals surface area contributed by atoms with Crippen molar-refractivity contribution >= 4 is 5.91 Å². The Labute approximate surface area is 163 Å². The maximum Gasteiger partial charge on any atom is 0.251 e. The molecule has 0 bridgehead atoms. The fourth-order valence-electron chi connectivity index (χ4n) is 2.77. The molecule has 1 aromatic heterocycles. The average molecular weight is 381 g/mol. The average Bonchev–Trinajstić information content (AvgIpc) is 3.22. The lowest BCUT2D eigenvalue weighted by molar-refractivity contribution is 0.0953. The minimum absolute atomic E-state index is 0.171. The second kappa shape index (κ2) is 8.94. The molecule has 0 saturated carbocycles. The number of aromatic nitrogens is 2.